The van der Waals surface area contributed by atoms with Gasteiger partial charge in [-0.3, -0.25) is 0 Å². The van der Waals surface area contributed by atoms with E-state index in [1.807, 2.05) is 26.8 Å². The number of benzene rings is 1. The molecule has 0 unspecified atom stereocenters. The smallest absolute Gasteiger partial charge is 0.133 e. The molecule has 0 saturated carbocycles. The number of aliphatic hydroxyl groups excluding tert-OH is 1. The van der Waals surface area contributed by atoms with Crippen LogP contribution in [-0.4, -0.2) is 18.8 Å². The van der Waals surface area contributed by atoms with E-state index < -0.39 is 0 Å². The van der Waals surface area contributed by atoms with E-state index >= 15 is 0 Å². The van der Waals surface area contributed by atoms with Gasteiger partial charge in [-0.2, -0.15) is 0 Å². The zero-order chi connectivity index (χ0) is 11.6. The summed E-state index contributed by atoms with van der Waals surface area (Å²) in [7, 11) is 1.65. The maximum Gasteiger partial charge on any atom is 0.133 e. The Labute approximate surface area is 99.4 Å². The molecule has 0 saturated heterocycles. The Hall–Kier alpha value is -0.540. The standard InChI is InChI=1S/C12H17BrO2/c1-8-5-9(12(2,3)7-14)11(13)10(6-8)15-4/h5-6,14H,7H2,1-4H3. The third-order valence-electron chi connectivity index (χ3n) is 2.53. The van der Waals surface area contributed by atoms with Gasteiger partial charge in [-0.05, 0) is 40.0 Å². The number of halogens is 1. The van der Waals surface area contributed by atoms with Crippen molar-refractivity contribution in [1.29, 1.82) is 0 Å². The van der Waals surface area contributed by atoms with Crippen LogP contribution in [0.1, 0.15) is 25.0 Å². The van der Waals surface area contributed by atoms with E-state index in [4.69, 9.17) is 4.74 Å². The normalized spacial score (nSPS) is 11.6. The molecule has 0 spiro atoms. The predicted molar refractivity (Wildman–Crippen MR) is 65.5 cm³/mol. The Kier molecular flexibility index (Phi) is 3.79. The summed E-state index contributed by atoms with van der Waals surface area (Å²) in [6.45, 7) is 6.14. The number of aryl methyl sites for hydroxylation is 1. The Morgan fingerprint density at radius 2 is 2.00 bits per heavy atom. The van der Waals surface area contributed by atoms with E-state index in [1.165, 1.54) is 0 Å². The summed E-state index contributed by atoms with van der Waals surface area (Å²) in [6, 6.07) is 4.05. The van der Waals surface area contributed by atoms with Crippen molar-refractivity contribution in [3.63, 3.8) is 0 Å². The Morgan fingerprint density at radius 1 is 1.40 bits per heavy atom. The Morgan fingerprint density at radius 3 is 2.47 bits per heavy atom. The SMILES string of the molecule is COc1cc(C)cc(C(C)(C)CO)c1Br. The van der Waals surface area contributed by atoms with E-state index in [-0.39, 0.29) is 12.0 Å². The lowest BCUT2D eigenvalue weighted by molar-refractivity contribution is 0.217. The minimum absolute atomic E-state index is 0.109. The van der Waals surface area contributed by atoms with Gasteiger partial charge in [-0.1, -0.05) is 19.9 Å². The fourth-order valence-electron chi connectivity index (χ4n) is 1.46. The number of hydrogen-bond acceptors (Lipinski definition) is 2. The van der Waals surface area contributed by atoms with Crippen molar-refractivity contribution >= 4 is 15.9 Å². The topological polar surface area (TPSA) is 29.5 Å². The van der Waals surface area contributed by atoms with E-state index in [2.05, 4.69) is 22.0 Å². The second-order valence-electron chi connectivity index (χ2n) is 4.37. The Balaban J connectivity index is 3.35. The number of ether oxygens (including phenoxy) is 1. The maximum atomic E-state index is 9.36. The van der Waals surface area contributed by atoms with Crippen LogP contribution in [-0.2, 0) is 5.41 Å². The molecule has 1 rings (SSSR count). The lowest BCUT2D eigenvalue weighted by atomic mass is 9.85. The van der Waals surface area contributed by atoms with Crippen LogP contribution in [0.3, 0.4) is 0 Å². The van der Waals surface area contributed by atoms with Crippen molar-refractivity contribution in [2.75, 3.05) is 13.7 Å². The summed E-state index contributed by atoms with van der Waals surface area (Å²) in [6.07, 6.45) is 0. The average Bonchev–Trinajstić information content (AvgIpc) is 2.20. The molecule has 84 valence electrons. The molecule has 0 aliphatic carbocycles. The number of methoxy groups -OCH3 is 1. The molecule has 1 aromatic rings. The van der Waals surface area contributed by atoms with Crippen molar-refractivity contribution in [2.45, 2.75) is 26.2 Å². The van der Waals surface area contributed by atoms with Gasteiger partial charge in [-0.15, -0.1) is 0 Å². The highest BCUT2D eigenvalue weighted by Crippen LogP contribution is 2.37. The van der Waals surface area contributed by atoms with Crippen LogP contribution in [0.2, 0.25) is 0 Å². The number of hydrogen-bond donors (Lipinski definition) is 1. The first-order valence-electron chi connectivity index (χ1n) is 4.88. The molecule has 0 radical (unpaired) electrons. The molecule has 0 heterocycles. The quantitative estimate of drug-likeness (QED) is 0.917. The van der Waals surface area contributed by atoms with Gasteiger partial charge in [0, 0.05) is 5.41 Å². The highest BCUT2D eigenvalue weighted by atomic mass is 79.9. The third-order valence-corrected chi connectivity index (χ3v) is 3.35. The van der Waals surface area contributed by atoms with E-state index in [1.54, 1.807) is 7.11 Å². The fraction of sp³-hybridized carbons (Fsp3) is 0.500. The summed E-state index contributed by atoms with van der Waals surface area (Å²) in [5.74, 6) is 0.812. The van der Waals surface area contributed by atoms with E-state index in [0.717, 1.165) is 21.3 Å². The summed E-state index contributed by atoms with van der Waals surface area (Å²) >= 11 is 3.52. The van der Waals surface area contributed by atoms with Crippen molar-refractivity contribution in [1.82, 2.24) is 0 Å². The molecule has 1 aromatic carbocycles. The number of aliphatic hydroxyl groups is 1. The molecular formula is C12H17BrO2. The molecule has 1 N–H and O–H groups in total. The van der Waals surface area contributed by atoms with E-state index in [0.29, 0.717) is 0 Å². The molecule has 0 aliphatic heterocycles. The molecule has 0 bridgehead atoms. The minimum Gasteiger partial charge on any atom is -0.496 e. The molecule has 15 heavy (non-hydrogen) atoms. The highest BCUT2D eigenvalue weighted by molar-refractivity contribution is 9.10. The van der Waals surface area contributed by atoms with Gasteiger partial charge in [-0.25, -0.2) is 0 Å². The highest BCUT2D eigenvalue weighted by Gasteiger charge is 2.24. The molecule has 0 amide bonds. The zero-order valence-electron chi connectivity index (χ0n) is 9.60. The van der Waals surface area contributed by atoms with Crippen LogP contribution in [0.5, 0.6) is 5.75 Å². The minimum atomic E-state index is -0.266. The van der Waals surface area contributed by atoms with Crippen LogP contribution in [0.25, 0.3) is 0 Å². The second kappa shape index (κ2) is 4.54. The average molecular weight is 273 g/mol. The van der Waals surface area contributed by atoms with Crippen molar-refractivity contribution < 1.29 is 9.84 Å². The van der Waals surface area contributed by atoms with Crippen LogP contribution < -0.4 is 4.74 Å². The van der Waals surface area contributed by atoms with Gasteiger partial charge in [0.2, 0.25) is 0 Å². The van der Waals surface area contributed by atoms with Crippen molar-refractivity contribution in [3.8, 4) is 5.75 Å². The van der Waals surface area contributed by atoms with Crippen LogP contribution in [0, 0.1) is 6.92 Å². The molecule has 0 aromatic heterocycles. The fourth-order valence-corrected chi connectivity index (χ4v) is 2.39. The first-order valence-corrected chi connectivity index (χ1v) is 5.67. The zero-order valence-corrected chi connectivity index (χ0v) is 11.2. The summed E-state index contributed by atoms with van der Waals surface area (Å²) in [5.41, 5.74) is 1.94. The van der Waals surface area contributed by atoms with Gasteiger partial charge in [0.25, 0.3) is 0 Å². The summed E-state index contributed by atoms with van der Waals surface area (Å²) in [5, 5.41) is 9.36. The van der Waals surface area contributed by atoms with E-state index in [9.17, 15) is 5.11 Å². The molecule has 0 fully saturated rings. The summed E-state index contributed by atoms with van der Waals surface area (Å²) in [4.78, 5) is 0. The van der Waals surface area contributed by atoms with Gasteiger partial charge in [0.05, 0.1) is 18.2 Å². The lowest BCUT2D eigenvalue weighted by Gasteiger charge is -2.25. The molecule has 2 nitrogen and oxygen atoms in total. The third kappa shape index (κ3) is 2.52. The number of rotatable bonds is 3. The van der Waals surface area contributed by atoms with Crippen LogP contribution in [0.15, 0.2) is 16.6 Å². The Bertz CT molecular complexity index is 359. The van der Waals surface area contributed by atoms with Crippen molar-refractivity contribution in [3.05, 3.63) is 27.7 Å². The maximum absolute atomic E-state index is 9.36. The lowest BCUT2D eigenvalue weighted by Crippen LogP contribution is -2.23. The monoisotopic (exact) mass is 272 g/mol. The van der Waals surface area contributed by atoms with Crippen molar-refractivity contribution in [2.24, 2.45) is 0 Å². The molecule has 0 aliphatic rings. The summed E-state index contributed by atoms with van der Waals surface area (Å²) < 4.78 is 6.20. The first kappa shape index (κ1) is 12.5. The predicted octanol–water partition coefficient (Wildman–Crippen LogP) is 3.04. The van der Waals surface area contributed by atoms with Gasteiger partial charge >= 0.3 is 0 Å². The van der Waals surface area contributed by atoms with Gasteiger partial charge < -0.3 is 9.84 Å². The largest absolute Gasteiger partial charge is 0.496 e. The second-order valence-corrected chi connectivity index (χ2v) is 5.16. The van der Waals surface area contributed by atoms with Gasteiger partial charge in [0.1, 0.15) is 5.75 Å². The van der Waals surface area contributed by atoms with Gasteiger partial charge in [0.15, 0.2) is 0 Å². The molecule has 0 atom stereocenters. The van der Waals surface area contributed by atoms with Crippen LogP contribution >= 0.6 is 15.9 Å². The molecule has 3 heteroatoms. The molecular weight excluding hydrogens is 256 g/mol. The first-order chi connectivity index (χ1) is 6.92. The van der Waals surface area contributed by atoms with Crippen LogP contribution in [0.4, 0.5) is 0 Å².